The lowest BCUT2D eigenvalue weighted by atomic mass is 10.0. The van der Waals surface area contributed by atoms with E-state index in [1.807, 2.05) is 13.0 Å². The molecule has 2 N–H and O–H groups in total. The van der Waals surface area contributed by atoms with Gasteiger partial charge in [-0.3, -0.25) is 0 Å². The first-order chi connectivity index (χ1) is 6.16. The molecular formula is C10H13ClO2. The smallest absolute Gasteiger partial charge is 0.137 e. The molecule has 0 radical (unpaired) electrons. The lowest BCUT2D eigenvalue weighted by Gasteiger charge is -2.08. The van der Waals surface area contributed by atoms with Crippen LogP contribution in [0.5, 0.6) is 5.75 Å². The van der Waals surface area contributed by atoms with Gasteiger partial charge in [-0.15, -0.1) is 0 Å². The molecule has 0 saturated carbocycles. The molecule has 0 spiro atoms. The topological polar surface area (TPSA) is 40.5 Å². The Labute approximate surface area is 82.8 Å². The molecule has 0 fully saturated rings. The Morgan fingerprint density at radius 3 is 2.69 bits per heavy atom. The zero-order chi connectivity index (χ0) is 9.84. The van der Waals surface area contributed by atoms with Gasteiger partial charge in [0.2, 0.25) is 0 Å². The number of halogens is 1. The number of rotatable bonds is 3. The van der Waals surface area contributed by atoms with Gasteiger partial charge in [-0.2, -0.15) is 0 Å². The summed E-state index contributed by atoms with van der Waals surface area (Å²) in [5.41, 5.74) is 1.84. The second-order valence-electron chi connectivity index (χ2n) is 3.02. The maximum absolute atomic E-state index is 9.59. The average Bonchev–Trinajstić information content (AvgIpc) is 2.12. The van der Waals surface area contributed by atoms with E-state index >= 15 is 0 Å². The van der Waals surface area contributed by atoms with Crippen LogP contribution in [-0.4, -0.2) is 16.8 Å². The van der Waals surface area contributed by atoms with Gasteiger partial charge >= 0.3 is 0 Å². The van der Waals surface area contributed by atoms with Gasteiger partial charge < -0.3 is 10.2 Å². The zero-order valence-corrected chi connectivity index (χ0v) is 8.30. The second kappa shape index (κ2) is 4.49. The summed E-state index contributed by atoms with van der Waals surface area (Å²) in [6.07, 6.45) is 1.31. The Morgan fingerprint density at radius 2 is 2.08 bits per heavy atom. The number of benzene rings is 1. The van der Waals surface area contributed by atoms with E-state index in [-0.39, 0.29) is 12.4 Å². The SMILES string of the molecule is Cc1ccc(Cl)c(O)c1CCCO. The molecule has 0 aromatic heterocycles. The van der Waals surface area contributed by atoms with Gasteiger partial charge in [0.25, 0.3) is 0 Å². The van der Waals surface area contributed by atoms with E-state index in [0.29, 0.717) is 17.9 Å². The highest BCUT2D eigenvalue weighted by Crippen LogP contribution is 2.30. The molecule has 1 aromatic carbocycles. The number of hydrogen-bond acceptors (Lipinski definition) is 2. The molecule has 0 atom stereocenters. The minimum atomic E-state index is 0.130. The number of hydrogen-bond donors (Lipinski definition) is 2. The summed E-state index contributed by atoms with van der Waals surface area (Å²) in [4.78, 5) is 0. The molecule has 0 unspecified atom stereocenters. The quantitative estimate of drug-likeness (QED) is 0.786. The van der Waals surface area contributed by atoms with Crippen molar-refractivity contribution in [3.63, 3.8) is 0 Å². The lowest BCUT2D eigenvalue weighted by molar-refractivity contribution is 0.288. The Balaban J connectivity index is 2.96. The van der Waals surface area contributed by atoms with Gasteiger partial charge in [-0.05, 0) is 37.0 Å². The van der Waals surface area contributed by atoms with Crippen molar-refractivity contribution in [3.05, 3.63) is 28.3 Å². The van der Waals surface area contributed by atoms with Gasteiger partial charge in [0.05, 0.1) is 5.02 Å². The van der Waals surface area contributed by atoms with Crippen LogP contribution in [0.3, 0.4) is 0 Å². The van der Waals surface area contributed by atoms with Crippen LogP contribution < -0.4 is 0 Å². The van der Waals surface area contributed by atoms with Crippen molar-refractivity contribution >= 4 is 11.6 Å². The summed E-state index contributed by atoms with van der Waals surface area (Å²) in [6, 6.07) is 3.55. The molecule has 0 aliphatic carbocycles. The monoisotopic (exact) mass is 200 g/mol. The minimum absolute atomic E-state index is 0.130. The molecular weight excluding hydrogens is 188 g/mol. The third-order valence-corrected chi connectivity index (χ3v) is 2.36. The van der Waals surface area contributed by atoms with Crippen LogP contribution in [-0.2, 0) is 6.42 Å². The van der Waals surface area contributed by atoms with Crippen LogP contribution in [0.25, 0.3) is 0 Å². The normalized spacial score (nSPS) is 10.4. The van der Waals surface area contributed by atoms with E-state index in [2.05, 4.69) is 0 Å². The predicted octanol–water partition coefficient (Wildman–Crippen LogP) is 2.28. The highest BCUT2D eigenvalue weighted by Gasteiger charge is 2.07. The highest BCUT2D eigenvalue weighted by molar-refractivity contribution is 6.32. The van der Waals surface area contributed by atoms with Gasteiger partial charge in [0.15, 0.2) is 0 Å². The molecule has 0 heterocycles. The molecule has 13 heavy (non-hydrogen) atoms. The number of aromatic hydroxyl groups is 1. The van der Waals surface area contributed by atoms with Crippen molar-refractivity contribution in [2.75, 3.05) is 6.61 Å². The van der Waals surface area contributed by atoms with Crippen molar-refractivity contribution in [3.8, 4) is 5.75 Å². The first-order valence-corrected chi connectivity index (χ1v) is 4.62. The molecule has 72 valence electrons. The Kier molecular flexibility index (Phi) is 3.58. The summed E-state index contributed by atoms with van der Waals surface area (Å²) >= 11 is 5.75. The molecule has 3 heteroatoms. The molecule has 0 saturated heterocycles. The first kappa shape index (κ1) is 10.4. The zero-order valence-electron chi connectivity index (χ0n) is 7.55. The maximum atomic E-state index is 9.59. The largest absolute Gasteiger partial charge is 0.506 e. The molecule has 1 aromatic rings. The average molecular weight is 201 g/mol. The molecule has 0 aliphatic rings. The molecule has 0 bridgehead atoms. The predicted molar refractivity (Wildman–Crippen MR) is 53.3 cm³/mol. The number of aliphatic hydroxyl groups is 1. The molecule has 2 nitrogen and oxygen atoms in total. The summed E-state index contributed by atoms with van der Waals surface area (Å²) in [6.45, 7) is 2.05. The maximum Gasteiger partial charge on any atom is 0.137 e. The number of phenols is 1. The molecule has 1 rings (SSSR count). The van der Waals surface area contributed by atoms with Crippen LogP contribution in [0.15, 0.2) is 12.1 Å². The van der Waals surface area contributed by atoms with Crippen LogP contribution in [0.2, 0.25) is 5.02 Å². The van der Waals surface area contributed by atoms with Crippen LogP contribution >= 0.6 is 11.6 Å². The fraction of sp³-hybridized carbons (Fsp3) is 0.400. The fourth-order valence-electron chi connectivity index (χ4n) is 1.28. The summed E-state index contributed by atoms with van der Waals surface area (Å²) in [5, 5.41) is 18.6. The van der Waals surface area contributed by atoms with Crippen molar-refractivity contribution in [2.45, 2.75) is 19.8 Å². The standard InChI is InChI=1S/C10H13ClO2/c1-7-4-5-9(11)10(13)8(7)3-2-6-12/h4-5,12-13H,2-3,6H2,1H3. The van der Waals surface area contributed by atoms with Crippen molar-refractivity contribution in [1.29, 1.82) is 0 Å². The van der Waals surface area contributed by atoms with Gasteiger partial charge in [-0.1, -0.05) is 17.7 Å². The number of aryl methyl sites for hydroxylation is 1. The summed E-state index contributed by atoms with van der Waals surface area (Å²) < 4.78 is 0. The number of phenolic OH excluding ortho intramolecular Hbond substituents is 1. The van der Waals surface area contributed by atoms with E-state index in [9.17, 15) is 5.11 Å². The number of aliphatic hydroxyl groups excluding tert-OH is 1. The van der Waals surface area contributed by atoms with Crippen LogP contribution in [0.1, 0.15) is 17.5 Å². The summed E-state index contributed by atoms with van der Waals surface area (Å²) in [7, 11) is 0. The molecule has 0 aliphatic heterocycles. The van der Waals surface area contributed by atoms with E-state index in [4.69, 9.17) is 16.7 Å². The van der Waals surface area contributed by atoms with Gasteiger partial charge in [-0.25, -0.2) is 0 Å². The van der Waals surface area contributed by atoms with Gasteiger partial charge in [0, 0.05) is 6.61 Å². The molecule has 0 amide bonds. The third kappa shape index (κ3) is 2.36. The highest BCUT2D eigenvalue weighted by atomic mass is 35.5. The van der Waals surface area contributed by atoms with Crippen molar-refractivity contribution in [2.24, 2.45) is 0 Å². The Hall–Kier alpha value is -0.730. The van der Waals surface area contributed by atoms with E-state index in [1.165, 1.54) is 0 Å². The van der Waals surface area contributed by atoms with Crippen molar-refractivity contribution in [1.82, 2.24) is 0 Å². The van der Waals surface area contributed by atoms with E-state index < -0.39 is 0 Å². The van der Waals surface area contributed by atoms with E-state index in [0.717, 1.165) is 11.1 Å². The van der Waals surface area contributed by atoms with E-state index in [1.54, 1.807) is 6.07 Å². The Morgan fingerprint density at radius 1 is 1.38 bits per heavy atom. The van der Waals surface area contributed by atoms with Gasteiger partial charge in [0.1, 0.15) is 5.75 Å². The first-order valence-electron chi connectivity index (χ1n) is 4.24. The lowest BCUT2D eigenvalue weighted by Crippen LogP contribution is -1.93. The third-order valence-electron chi connectivity index (χ3n) is 2.05. The minimum Gasteiger partial charge on any atom is -0.506 e. The van der Waals surface area contributed by atoms with Crippen molar-refractivity contribution < 1.29 is 10.2 Å². The summed E-state index contributed by atoms with van der Waals surface area (Å²) in [5.74, 6) is 0.148. The Bertz CT molecular complexity index is 297. The fourth-order valence-corrected chi connectivity index (χ4v) is 1.46. The van der Waals surface area contributed by atoms with Crippen LogP contribution in [0, 0.1) is 6.92 Å². The second-order valence-corrected chi connectivity index (χ2v) is 3.43. The van der Waals surface area contributed by atoms with Crippen LogP contribution in [0.4, 0.5) is 0 Å².